The number of piperidine rings is 1. The molecule has 0 unspecified atom stereocenters. The fourth-order valence-electron chi connectivity index (χ4n) is 5.63. The van der Waals surface area contributed by atoms with Crippen LogP contribution < -0.4 is 4.74 Å². The van der Waals surface area contributed by atoms with Crippen molar-refractivity contribution in [2.45, 2.75) is 65.2 Å². The van der Waals surface area contributed by atoms with Crippen LogP contribution in [0.1, 0.15) is 55.9 Å². The van der Waals surface area contributed by atoms with E-state index in [9.17, 15) is 4.79 Å². The molecular formula is C25H33N3O3. The van der Waals surface area contributed by atoms with Crippen molar-refractivity contribution in [3.8, 4) is 5.75 Å². The molecule has 5 rings (SSSR count). The van der Waals surface area contributed by atoms with E-state index in [4.69, 9.17) is 9.47 Å². The number of hydrogen-bond acceptors (Lipinski definition) is 4. The molecule has 2 atom stereocenters. The molecule has 6 nitrogen and oxygen atoms in total. The molecule has 2 aromatic rings. The third kappa shape index (κ3) is 3.75. The second-order valence-electron chi connectivity index (χ2n) is 10.4. The maximum absolute atomic E-state index is 12.8. The third-order valence-electron chi connectivity index (χ3n) is 7.57. The average Bonchev–Trinajstić information content (AvgIpc) is 3.13. The first-order chi connectivity index (χ1) is 14.7. The van der Waals surface area contributed by atoms with Crippen molar-refractivity contribution in [2.75, 3.05) is 19.7 Å². The zero-order valence-electron chi connectivity index (χ0n) is 19.1. The van der Waals surface area contributed by atoms with Crippen LogP contribution in [0.25, 0.3) is 0 Å². The molecule has 1 aromatic heterocycles. The lowest BCUT2D eigenvalue weighted by molar-refractivity contribution is -0.176. The molecule has 0 saturated carbocycles. The van der Waals surface area contributed by atoms with E-state index in [2.05, 4.69) is 44.1 Å². The van der Waals surface area contributed by atoms with Gasteiger partial charge in [0.15, 0.2) is 0 Å². The number of fused-ring (bicyclic) bond motifs is 3. The number of ether oxygens (including phenoxy) is 2. The van der Waals surface area contributed by atoms with Gasteiger partial charge in [-0.1, -0.05) is 12.1 Å². The van der Waals surface area contributed by atoms with E-state index in [1.807, 2.05) is 18.0 Å². The zero-order valence-corrected chi connectivity index (χ0v) is 19.1. The van der Waals surface area contributed by atoms with E-state index >= 15 is 0 Å². The first kappa shape index (κ1) is 20.6. The van der Waals surface area contributed by atoms with Gasteiger partial charge >= 0.3 is 0 Å². The van der Waals surface area contributed by atoms with E-state index < -0.39 is 0 Å². The lowest BCUT2D eigenvalue weighted by Crippen LogP contribution is -2.54. The average molecular weight is 424 g/mol. The van der Waals surface area contributed by atoms with Crippen LogP contribution in [-0.2, 0) is 16.1 Å². The van der Waals surface area contributed by atoms with Crippen LogP contribution in [0.3, 0.4) is 0 Å². The SMILES string of the molecule is Cc1ccc2c(c1)OC(C)(C)[C@H]1CC3(CCN(C(=O)Cn4cc(C)cn4)CC3)CO[C@H]21. The zero-order chi connectivity index (χ0) is 21.8. The molecule has 166 valence electrons. The summed E-state index contributed by atoms with van der Waals surface area (Å²) in [5.41, 5.74) is 3.33. The van der Waals surface area contributed by atoms with E-state index in [0.29, 0.717) is 12.5 Å². The minimum absolute atomic E-state index is 0.0905. The minimum Gasteiger partial charge on any atom is -0.487 e. The number of hydrogen-bond donors (Lipinski definition) is 0. The summed E-state index contributed by atoms with van der Waals surface area (Å²) >= 11 is 0. The summed E-state index contributed by atoms with van der Waals surface area (Å²) in [5, 5.41) is 4.25. The lowest BCUT2D eigenvalue weighted by atomic mass is 9.64. The number of nitrogens with zero attached hydrogens (tertiary/aromatic N) is 3. The summed E-state index contributed by atoms with van der Waals surface area (Å²) in [6.07, 6.45) is 6.85. The third-order valence-corrected chi connectivity index (χ3v) is 7.57. The van der Waals surface area contributed by atoms with Crippen LogP contribution in [0.15, 0.2) is 30.6 Å². The number of rotatable bonds is 2. The largest absolute Gasteiger partial charge is 0.487 e. The topological polar surface area (TPSA) is 56.6 Å². The molecule has 0 radical (unpaired) electrons. The summed E-state index contributed by atoms with van der Waals surface area (Å²) in [5.74, 6) is 1.43. The number of carbonyl (C=O) groups excluding carboxylic acids is 1. The smallest absolute Gasteiger partial charge is 0.244 e. The van der Waals surface area contributed by atoms with Gasteiger partial charge in [0.25, 0.3) is 0 Å². The Balaban J connectivity index is 1.27. The van der Waals surface area contributed by atoms with Gasteiger partial charge in [-0.3, -0.25) is 9.48 Å². The normalized spacial score (nSPS) is 26.1. The second kappa shape index (κ2) is 7.37. The summed E-state index contributed by atoms with van der Waals surface area (Å²) in [7, 11) is 0. The fourth-order valence-corrected chi connectivity index (χ4v) is 5.63. The van der Waals surface area contributed by atoms with Gasteiger partial charge in [0.1, 0.15) is 17.9 Å². The number of likely N-dealkylation sites (tertiary alicyclic amines) is 1. The Morgan fingerprint density at radius 1 is 1.19 bits per heavy atom. The molecule has 6 heteroatoms. The highest BCUT2D eigenvalue weighted by atomic mass is 16.5. The number of aryl methyl sites for hydroxylation is 2. The van der Waals surface area contributed by atoms with Crippen LogP contribution in [0.4, 0.5) is 0 Å². The van der Waals surface area contributed by atoms with Gasteiger partial charge in [0.05, 0.1) is 18.9 Å². The quantitative estimate of drug-likeness (QED) is 0.731. The summed E-state index contributed by atoms with van der Waals surface area (Å²) in [6, 6.07) is 6.45. The van der Waals surface area contributed by atoms with Gasteiger partial charge in [-0.25, -0.2) is 0 Å². The van der Waals surface area contributed by atoms with Gasteiger partial charge in [0.2, 0.25) is 5.91 Å². The van der Waals surface area contributed by atoms with Gasteiger partial charge in [-0.05, 0) is 69.6 Å². The molecule has 4 heterocycles. The van der Waals surface area contributed by atoms with Gasteiger partial charge in [0, 0.05) is 30.8 Å². The Kier molecular flexibility index (Phi) is 4.88. The molecule has 3 aliphatic rings. The highest BCUT2D eigenvalue weighted by Crippen LogP contribution is 2.55. The molecule has 31 heavy (non-hydrogen) atoms. The number of amides is 1. The van der Waals surface area contributed by atoms with Crippen molar-refractivity contribution >= 4 is 5.91 Å². The molecule has 3 aliphatic heterocycles. The Morgan fingerprint density at radius 2 is 1.97 bits per heavy atom. The molecule has 2 saturated heterocycles. The Morgan fingerprint density at radius 3 is 2.68 bits per heavy atom. The van der Waals surface area contributed by atoms with Crippen LogP contribution in [0.5, 0.6) is 5.75 Å². The van der Waals surface area contributed by atoms with Crippen molar-refractivity contribution in [3.63, 3.8) is 0 Å². The molecule has 0 bridgehead atoms. The van der Waals surface area contributed by atoms with Crippen LogP contribution in [-0.4, -0.2) is 45.9 Å². The molecule has 0 aliphatic carbocycles. The van der Waals surface area contributed by atoms with Gasteiger partial charge in [-0.15, -0.1) is 0 Å². The predicted octanol–water partition coefficient (Wildman–Crippen LogP) is 4.06. The van der Waals surface area contributed by atoms with Gasteiger partial charge in [-0.2, -0.15) is 5.10 Å². The maximum atomic E-state index is 12.8. The van der Waals surface area contributed by atoms with E-state index in [-0.39, 0.29) is 23.0 Å². The summed E-state index contributed by atoms with van der Waals surface area (Å²) in [6.45, 7) is 11.1. The van der Waals surface area contributed by atoms with Crippen molar-refractivity contribution in [2.24, 2.45) is 11.3 Å². The Bertz CT molecular complexity index is 988. The summed E-state index contributed by atoms with van der Waals surface area (Å²) in [4.78, 5) is 14.8. The van der Waals surface area contributed by atoms with Crippen LogP contribution >= 0.6 is 0 Å². The molecular weight excluding hydrogens is 390 g/mol. The van der Waals surface area contributed by atoms with Crippen LogP contribution in [0.2, 0.25) is 0 Å². The molecule has 1 spiro atoms. The predicted molar refractivity (Wildman–Crippen MR) is 118 cm³/mol. The van der Waals surface area contributed by atoms with Crippen molar-refractivity contribution < 1.29 is 14.3 Å². The molecule has 2 fully saturated rings. The molecule has 0 N–H and O–H groups in total. The van der Waals surface area contributed by atoms with Crippen LogP contribution in [0, 0.1) is 25.2 Å². The van der Waals surface area contributed by atoms with Gasteiger partial charge < -0.3 is 14.4 Å². The maximum Gasteiger partial charge on any atom is 0.244 e. The lowest BCUT2D eigenvalue weighted by Gasteiger charge is -2.54. The number of aromatic nitrogens is 2. The van der Waals surface area contributed by atoms with Crippen molar-refractivity contribution in [1.29, 1.82) is 0 Å². The second-order valence-corrected chi connectivity index (χ2v) is 10.4. The van der Waals surface area contributed by atoms with Crippen molar-refractivity contribution in [1.82, 2.24) is 14.7 Å². The van der Waals surface area contributed by atoms with E-state index in [1.165, 1.54) is 11.1 Å². The number of benzene rings is 1. The highest BCUT2D eigenvalue weighted by molar-refractivity contribution is 5.76. The first-order valence-electron chi connectivity index (χ1n) is 11.4. The number of carbonyl (C=O) groups is 1. The standard InChI is InChI=1S/C25H33N3O3/c1-17-5-6-19-21(11-17)31-24(3,4)20-12-25(16-30-23(19)20)7-9-27(10-8-25)22(29)15-28-14-18(2)13-26-28/h5-6,11,13-14,20,23H,7-10,12,15-16H2,1-4H3/t20-,23+/m0/s1. The molecule has 1 amide bonds. The first-order valence-corrected chi connectivity index (χ1v) is 11.4. The summed E-state index contributed by atoms with van der Waals surface area (Å²) < 4.78 is 14.8. The van der Waals surface area contributed by atoms with E-state index in [1.54, 1.807) is 10.9 Å². The fraction of sp³-hybridized carbons (Fsp3) is 0.600. The highest BCUT2D eigenvalue weighted by Gasteiger charge is 2.52. The van der Waals surface area contributed by atoms with Crippen molar-refractivity contribution in [3.05, 3.63) is 47.3 Å². The Labute approximate surface area is 184 Å². The minimum atomic E-state index is -0.274. The van der Waals surface area contributed by atoms with E-state index in [0.717, 1.165) is 50.3 Å². The Hall–Kier alpha value is -2.34. The molecule has 1 aromatic carbocycles. The monoisotopic (exact) mass is 423 g/mol.